The van der Waals surface area contributed by atoms with Gasteiger partial charge in [-0.15, -0.1) is 0 Å². The van der Waals surface area contributed by atoms with Crippen LogP contribution >= 0.6 is 11.6 Å². The molecule has 0 atom stereocenters. The fourth-order valence-corrected chi connectivity index (χ4v) is 1.79. The smallest absolute Gasteiger partial charge is 0.224 e. The van der Waals surface area contributed by atoms with Gasteiger partial charge in [0, 0.05) is 13.1 Å². The van der Waals surface area contributed by atoms with E-state index in [1.54, 1.807) is 0 Å². The lowest BCUT2D eigenvalue weighted by Crippen LogP contribution is -2.31. The number of rotatable bonds is 1. The molecule has 0 N–H and O–H groups in total. The molecule has 0 aliphatic carbocycles. The summed E-state index contributed by atoms with van der Waals surface area (Å²) in [6, 6.07) is 0. The molecule has 5 heteroatoms. The topological polar surface area (TPSA) is 29.0 Å². The molecule has 0 aromatic carbocycles. The van der Waals surface area contributed by atoms with Gasteiger partial charge in [0.2, 0.25) is 5.28 Å². The third kappa shape index (κ3) is 1.95. The maximum Gasteiger partial charge on any atom is 0.224 e. The first kappa shape index (κ1) is 9.65. The van der Waals surface area contributed by atoms with Crippen molar-refractivity contribution in [1.29, 1.82) is 0 Å². The summed E-state index contributed by atoms with van der Waals surface area (Å²) in [6.07, 6.45) is 4.50. The second-order valence-corrected chi connectivity index (χ2v) is 3.70. The largest absolute Gasteiger partial charge is 0.354 e. The second-order valence-electron chi connectivity index (χ2n) is 3.36. The fourth-order valence-electron chi connectivity index (χ4n) is 1.66. The minimum atomic E-state index is -0.392. The van der Waals surface area contributed by atoms with E-state index in [9.17, 15) is 4.39 Å². The van der Waals surface area contributed by atoms with Crippen molar-refractivity contribution in [3.63, 3.8) is 0 Å². The number of aromatic nitrogens is 2. The van der Waals surface area contributed by atoms with Crippen LogP contribution in [-0.2, 0) is 0 Å². The van der Waals surface area contributed by atoms with Crippen molar-refractivity contribution in [2.24, 2.45) is 0 Å². The Bertz CT molecular complexity index is 326. The van der Waals surface area contributed by atoms with Crippen LogP contribution in [-0.4, -0.2) is 23.1 Å². The quantitative estimate of drug-likeness (QED) is 0.673. The van der Waals surface area contributed by atoms with E-state index in [4.69, 9.17) is 11.6 Å². The molecule has 0 spiro atoms. The summed E-state index contributed by atoms with van der Waals surface area (Å²) in [5, 5.41) is 0.104. The van der Waals surface area contributed by atoms with E-state index in [1.165, 1.54) is 6.42 Å². The minimum Gasteiger partial charge on any atom is -0.354 e. The monoisotopic (exact) mass is 215 g/mol. The van der Waals surface area contributed by atoms with E-state index < -0.39 is 5.82 Å². The van der Waals surface area contributed by atoms with Crippen LogP contribution in [0.1, 0.15) is 19.3 Å². The highest BCUT2D eigenvalue weighted by molar-refractivity contribution is 6.28. The van der Waals surface area contributed by atoms with Crippen molar-refractivity contribution in [3.05, 3.63) is 17.3 Å². The summed E-state index contributed by atoms with van der Waals surface area (Å²) >= 11 is 5.62. The SMILES string of the molecule is Fc1cnc(Cl)nc1N1CCCCC1. The van der Waals surface area contributed by atoms with Gasteiger partial charge in [0.1, 0.15) is 0 Å². The predicted octanol–water partition coefficient (Wildman–Crippen LogP) is 2.26. The number of hydrogen-bond acceptors (Lipinski definition) is 3. The highest BCUT2D eigenvalue weighted by Crippen LogP contribution is 2.21. The maximum absolute atomic E-state index is 13.3. The molecule has 76 valence electrons. The van der Waals surface area contributed by atoms with Crippen LogP contribution in [0.5, 0.6) is 0 Å². The summed E-state index contributed by atoms with van der Waals surface area (Å²) in [5.74, 6) is -0.0546. The third-order valence-electron chi connectivity index (χ3n) is 2.35. The molecule has 1 aliphatic rings. The normalized spacial score (nSPS) is 17.1. The Morgan fingerprint density at radius 1 is 1.29 bits per heavy atom. The van der Waals surface area contributed by atoms with Gasteiger partial charge < -0.3 is 4.90 Å². The molecule has 14 heavy (non-hydrogen) atoms. The Morgan fingerprint density at radius 3 is 2.71 bits per heavy atom. The Labute approximate surface area is 86.9 Å². The zero-order valence-electron chi connectivity index (χ0n) is 7.71. The Balaban J connectivity index is 2.24. The van der Waals surface area contributed by atoms with E-state index in [0.29, 0.717) is 5.82 Å². The van der Waals surface area contributed by atoms with Crippen molar-refractivity contribution in [2.45, 2.75) is 19.3 Å². The average molecular weight is 216 g/mol. The van der Waals surface area contributed by atoms with Crippen molar-refractivity contribution >= 4 is 17.4 Å². The standard InChI is InChI=1S/C9H11ClFN3/c10-9-12-6-7(11)8(13-9)14-4-2-1-3-5-14/h6H,1-5H2. The zero-order chi connectivity index (χ0) is 9.97. The van der Waals surface area contributed by atoms with Gasteiger partial charge in [-0.05, 0) is 30.9 Å². The molecule has 2 heterocycles. The summed E-state index contributed by atoms with van der Waals surface area (Å²) < 4.78 is 13.3. The molecule has 3 nitrogen and oxygen atoms in total. The first-order chi connectivity index (χ1) is 6.77. The van der Waals surface area contributed by atoms with E-state index in [-0.39, 0.29) is 5.28 Å². The van der Waals surface area contributed by atoms with E-state index >= 15 is 0 Å². The molecule has 2 rings (SSSR count). The molecular formula is C9H11ClFN3. The highest BCUT2D eigenvalue weighted by atomic mass is 35.5. The molecule has 1 aromatic heterocycles. The number of nitrogens with zero attached hydrogens (tertiary/aromatic N) is 3. The lowest BCUT2D eigenvalue weighted by Gasteiger charge is -2.27. The van der Waals surface area contributed by atoms with Gasteiger partial charge in [0.25, 0.3) is 0 Å². The Hall–Kier alpha value is -0.900. The molecule has 0 unspecified atom stereocenters. The molecule has 0 saturated carbocycles. The maximum atomic E-state index is 13.3. The molecular weight excluding hydrogens is 205 g/mol. The van der Waals surface area contributed by atoms with Gasteiger partial charge >= 0.3 is 0 Å². The van der Waals surface area contributed by atoms with Crippen LogP contribution in [0.3, 0.4) is 0 Å². The number of halogens is 2. The summed E-state index contributed by atoms with van der Waals surface area (Å²) in [4.78, 5) is 9.41. The Kier molecular flexibility index (Phi) is 2.82. The average Bonchev–Trinajstić information content (AvgIpc) is 2.23. The number of hydrogen-bond donors (Lipinski definition) is 0. The van der Waals surface area contributed by atoms with Crippen molar-refractivity contribution in [3.8, 4) is 0 Å². The summed E-state index contributed by atoms with van der Waals surface area (Å²) in [7, 11) is 0. The van der Waals surface area contributed by atoms with Gasteiger partial charge in [-0.2, -0.15) is 4.98 Å². The third-order valence-corrected chi connectivity index (χ3v) is 2.53. The first-order valence-corrected chi connectivity index (χ1v) is 5.08. The Morgan fingerprint density at radius 2 is 2.00 bits per heavy atom. The van der Waals surface area contributed by atoms with Crippen LogP contribution in [0.4, 0.5) is 10.2 Å². The highest BCUT2D eigenvalue weighted by Gasteiger charge is 2.16. The predicted molar refractivity (Wildman–Crippen MR) is 53.1 cm³/mol. The molecule has 1 aliphatic heterocycles. The van der Waals surface area contributed by atoms with Crippen molar-refractivity contribution in [1.82, 2.24) is 9.97 Å². The zero-order valence-corrected chi connectivity index (χ0v) is 8.47. The van der Waals surface area contributed by atoms with Crippen molar-refractivity contribution in [2.75, 3.05) is 18.0 Å². The lowest BCUT2D eigenvalue weighted by atomic mass is 10.1. The molecule has 0 amide bonds. The van der Waals surface area contributed by atoms with E-state index in [2.05, 4.69) is 9.97 Å². The number of anilines is 1. The second kappa shape index (κ2) is 4.09. The van der Waals surface area contributed by atoms with E-state index in [0.717, 1.165) is 32.1 Å². The summed E-state index contributed by atoms with van der Waals surface area (Å²) in [5.41, 5.74) is 0. The minimum absolute atomic E-state index is 0.104. The van der Waals surface area contributed by atoms with Gasteiger partial charge in [-0.1, -0.05) is 0 Å². The van der Waals surface area contributed by atoms with Crippen LogP contribution in [0, 0.1) is 5.82 Å². The van der Waals surface area contributed by atoms with Gasteiger partial charge in [0.15, 0.2) is 11.6 Å². The molecule has 0 bridgehead atoms. The van der Waals surface area contributed by atoms with Crippen molar-refractivity contribution < 1.29 is 4.39 Å². The van der Waals surface area contributed by atoms with Gasteiger partial charge in [-0.3, -0.25) is 0 Å². The van der Waals surface area contributed by atoms with Crippen LogP contribution in [0.2, 0.25) is 5.28 Å². The van der Waals surface area contributed by atoms with Gasteiger partial charge in [0.05, 0.1) is 6.20 Å². The van der Waals surface area contributed by atoms with Crippen LogP contribution in [0.15, 0.2) is 6.20 Å². The molecule has 1 aromatic rings. The number of piperidine rings is 1. The van der Waals surface area contributed by atoms with Crippen LogP contribution in [0.25, 0.3) is 0 Å². The first-order valence-electron chi connectivity index (χ1n) is 4.70. The lowest BCUT2D eigenvalue weighted by molar-refractivity contribution is 0.547. The molecule has 1 fully saturated rings. The van der Waals surface area contributed by atoms with E-state index in [1.807, 2.05) is 4.90 Å². The van der Waals surface area contributed by atoms with Gasteiger partial charge in [-0.25, -0.2) is 9.37 Å². The summed E-state index contributed by atoms with van der Waals surface area (Å²) in [6.45, 7) is 1.70. The molecule has 1 saturated heterocycles. The molecule has 0 radical (unpaired) electrons. The van der Waals surface area contributed by atoms with Crippen LogP contribution < -0.4 is 4.90 Å². The fraction of sp³-hybridized carbons (Fsp3) is 0.556.